The van der Waals surface area contributed by atoms with Crippen molar-refractivity contribution in [1.29, 1.82) is 0 Å². The lowest BCUT2D eigenvalue weighted by Crippen LogP contribution is -2.13. The first-order chi connectivity index (χ1) is 14.2. The number of hydrogen-bond donors (Lipinski definition) is 2. The molecule has 0 amide bonds. The van der Waals surface area contributed by atoms with Crippen LogP contribution in [-0.4, -0.2) is 16.7 Å². The molecule has 0 spiro atoms. The van der Waals surface area contributed by atoms with E-state index in [2.05, 4.69) is 51.9 Å². The lowest BCUT2D eigenvalue weighted by molar-refractivity contribution is 0.600. The van der Waals surface area contributed by atoms with Crippen LogP contribution in [0.3, 0.4) is 0 Å². The standard InChI is InChI=1S/C24H19FN4/c25-24-20(22-9-10-23(26)29-28-22)8-7-19-18(11-12-27-14-21(19)24)17-6-5-15-3-1-2-4-16(15)13-17/h1-11,13,27H,12,14H2,(H2,26,29). The normalized spacial score (nSPS) is 13.6. The van der Waals surface area contributed by atoms with E-state index in [1.54, 1.807) is 18.2 Å². The van der Waals surface area contributed by atoms with Crippen molar-refractivity contribution in [3.05, 3.63) is 95.3 Å². The Balaban J connectivity index is 1.64. The minimum Gasteiger partial charge on any atom is -0.382 e. The molecule has 2 heterocycles. The van der Waals surface area contributed by atoms with Gasteiger partial charge in [-0.1, -0.05) is 48.5 Å². The molecule has 1 aliphatic heterocycles. The lowest BCUT2D eigenvalue weighted by atomic mass is 9.91. The number of hydrogen-bond acceptors (Lipinski definition) is 4. The van der Waals surface area contributed by atoms with Crippen LogP contribution in [0.4, 0.5) is 10.2 Å². The lowest BCUT2D eigenvalue weighted by Gasteiger charge is -2.15. The van der Waals surface area contributed by atoms with Crippen LogP contribution in [0.15, 0.2) is 72.8 Å². The Labute approximate surface area is 167 Å². The average Bonchev–Trinajstić information content (AvgIpc) is 2.98. The molecule has 0 saturated heterocycles. The van der Waals surface area contributed by atoms with Gasteiger partial charge in [-0.25, -0.2) is 4.39 Å². The molecule has 4 aromatic rings. The Kier molecular flexibility index (Phi) is 4.30. The summed E-state index contributed by atoms with van der Waals surface area (Å²) in [7, 11) is 0. The predicted octanol–water partition coefficient (Wildman–Crippen LogP) is 4.55. The zero-order valence-electron chi connectivity index (χ0n) is 15.7. The van der Waals surface area contributed by atoms with Gasteiger partial charge in [0.2, 0.25) is 0 Å². The highest BCUT2D eigenvalue weighted by molar-refractivity contribution is 5.90. The number of anilines is 1. The average molecular weight is 382 g/mol. The van der Waals surface area contributed by atoms with Crippen molar-refractivity contribution in [2.45, 2.75) is 6.54 Å². The minimum absolute atomic E-state index is 0.275. The first kappa shape index (κ1) is 17.5. The van der Waals surface area contributed by atoms with E-state index < -0.39 is 0 Å². The third-order valence-electron chi connectivity index (χ3n) is 5.31. The van der Waals surface area contributed by atoms with Crippen molar-refractivity contribution >= 4 is 22.2 Å². The van der Waals surface area contributed by atoms with Crippen LogP contribution < -0.4 is 11.1 Å². The molecule has 0 atom stereocenters. The van der Waals surface area contributed by atoms with Crippen LogP contribution in [0, 0.1) is 5.82 Å². The van der Waals surface area contributed by atoms with Crippen LogP contribution in [0.2, 0.25) is 0 Å². The summed E-state index contributed by atoms with van der Waals surface area (Å²) in [5, 5.41) is 13.5. The van der Waals surface area contributed by atoms with E-state index >= 15 is 4.39 Å². The molecule has 0 aliphatic carbocycles. The van der Waals surface area contributed by atoms with Crippen molar-refractivity contribution in [1.82, 2.24) is 15.5 Å². The number of nitrogens with one attached hydrogen (secondary N) is 1. The van der Waals surface area contributed by atoms with E-state index in [4.69, 9.17) is 5.73 Å². The van der Waals surface area contributed by atoms with E-state index in [0.717, 1.165) is 16.7 Å². The second-order valence-electron chi connectivity index (χ2n) is 7.11. The monoisotopic (exact) mass is 382 g/mol. The maximum atomic E-state index is 15.5. The second-order valence-corrected chi connectivity index (χ2v) is 7.11. The number of rotatable bonds is 2. The Morgan fingerprint density at radius 2 is 1.69 bits per heavy atom. The van der Waals surface area contributed by atoms with Crippen LogP contribution >= 0.6 is 0 Å². The number of halogens is 1. The highest BCUT2D eigenvalue weighted by Gasteiger charge is 2.20. The molecular formula is C24H19FN4. The fourth-order valence-corrected chi connectivity index (χ4v) is 3.84. The minimum atomic E-state index is -0.275. The smallest absolute Gasteiger partial charge is 0.146 e. The van der Waals surface area contributed by atoms with Gasteiger partial charge in [-0.3, -0.25) is 0 Å². The fourth-order valence-electron chi connectivity index (χ4n) is 3.84. The highest BCUT2D eigenvalue weighted by atomic mass is 19.1. The molecule has 0 unspecified atom stereocenters. The Morgan fingerprint density at radius 1 is 0.862 bits per heavy atom. The number of benzene rings is 3. The van der Waals surface area contributed by atoms with E-state index in [1.165, 1.54) is 10.8 Å². The summed E-state index contributed by atoms with van der Waals surface area (Å²) in [6.45, 7) is 1.12. The van der Waals surface area contributed by atoms with Crippen molar-refractivity contribution in [2.24, 2.45) is 0 Å². The molecular weight excluding hydrogens is 363 g/mol. The highest BCUT2D eigenvalue weighted by Crippen LogP contribution is 2.34. The summed E-state index contributed by atoms with van der Waals surface area (Å²) in [6.07, 6.45) is 2.12. The van der Waals surface area contributed by atoms with Gasteiger partial charge in [-0.05, 0) is 51.7 Å². The van der Waals surface area contributed by atoms with E-state index in [1.807, 2.05) is 18.2 Å². The molecule has 1 aromatic heterocycles. The molecule has 1 aliphatic rings. The van der Waals surface area contributed by atoms with Crippen molar-refractivity contribution in [3.63, 3.8) is 0 Å². The van der Waals surface area contributed by atoms with Crippen LogP contribution in [-0.2, 0) is 6.54 Å². The van der Waals surface area contributed by atoms with Gasteiger partial charge in [-0.15, -0.1) is 10.2 Å². The van der Waals surface area contributed by atoms with Gasteiger partial charge in [0, 0.05) is 24.2 Å². The molecule has 0 saturated carbocycles. The molecule has 142 valence electrons. The molecule has 0 fully saturated rings. The van der Waals surface area contributed by atoms with Gasteiger partial charge in [0.15, 0.2) is 0 Å². The molecule has 4 nitrogen and oxygen atoms in total. The van der Waals surface area contributed by atoms with E-state index in [-0.39, 0.29) is 5.82 Å². The molecule has 3 aromatic carbocycles. The zero-order valence-corrected chi connectivity index (χ0v) is 15.7. The van der Waals surface area contributed by atoms with Crippen LogP contribution in [0.1, 0.15) is 16.7 Å². The van der Waals surface area contributed by atoms with Crippen molar-refractivity contribution in [2.75, 3.05) is 12.3 Å². The van der Waals surface area contributed by atoms with Gasteiger partial charge in [0.05, 0.1) is 5.69 Å². The Hall–Kier alpha value is -3.57. The summed E-state index contributed by atoms with van der Waals surface area (Å²) in [5.41, 5.74) is 10.2. The number of aromatic nitrogens is 2. The predicted molar refractivity (Wildman–Crippen MR) is 115 cm³/mol. The van der Waals surface area contributed by atoms with Gasteiger partial charge < -0.3 is 11.1 Å². The molecule has 0 bridgehead atoms. The molecule has 29 heavy (non-hydrogen) atoms. The first-order valence-electron chi connectivity index (χ1n) is 9.52. The first-order valence-corrected chi connectivity index (χ1v) is 9.52. The number of nitrogens with zero attached hydrogens (tertiary/aromatic N) is 2. The summed E-state index contributed by atoms with van der Waals surface area (Å²) in [4.78, 5) is 0. The zero-order chi connectivity index (χ0) is 19.8. The van der Waals surface area contributed by atoms with E-state index in [9.17, 15) is 0 Å². The van der Waals surface area contributed by atoms with Gasteiger partial charge in [0.1, 0.15) is 11.6 Å². The maximum Gasteiger partial charge on any atom is 0.146 e. The SMILES string of the molecule is Nc1ccc(-c2ccc3c(c2F)CNCC=C3c2ccc3ccccc3c2)nn1. The molecule has 5 heteroatoms. The molecule has 0 radical (unpaired) electrons. The van der Waals surface area contributed by atoms with E-state index in [0.29, 0.717) is 35.7 Å². The van der Waals surface area contributed by atoms with Gasteiger partial charge in [-0.2, -0.15) is 0 Å². The Morgan fingerprint density at radius 3 is 2.52 bits per heavy atom. The second kappa shape index (κ2) is 7.11. The number of nitrogens with two attached hydrogens (primary N) is 1. The molecule has 5 rings (SSSR count). The third-order valence-corrected chi connectivity index (χ3v) is 5.31. The summed E-state index contributed by atoms with van der Waals surface area (Å²) >= 11 is 0. The maximum absolute atomic E-state index is 15.5. The summed E-state index contributed by atoms with van der Waals surface area (Å²) in [5.74, 6) is 0.0368. The van der Waals surface area contributed by atoms with Crippen LogP contribution in [0.5, 0.6) is 0 Å². The quantitative estimate of drug-likeness (QED) is 0.534. The number of nitrogen functional groups attached to an aromatic ring is 1. The van der Waals surface area contributed by atoms with Crippen molar-refractivity contribution in [3.8, 4) is 11.3 Å². The summed E-state index contributed by atoms with van der Waals surface area (Å²) in [6, 6.07) is 21.7. The summed E-state index contributed by atoms with van der Waals surface area (Å²) < 4.78 is 15.5. The fraction of sp³-hybridized carbons (Fsp3) is 0.0833. The Bertz CT molecular complexity index is 1250. The largest absolute Gasteiger partial charge is 0.382 e. The van der Waals surface area contributed by atoms with Crippen molar-refractivity contribution < 1.29 is 4.39 Å². The molecule has 3 N–H and O–H groups in total. The third kappa shape index (κ3) is 3.15. The number of fused-ring (bicyclic) bond motifs is 2. The topological polar surface area (TPSA) is 63.8 Å². The van der Waals surface area contributed by atoms with Crippen LogP contribution in [0.25, 0.3) is 27.6 Å². The van der Waals surface area contributed by atoms with Gasteiger partial charge in [0.25, 0.3) is 0 Å². The van der Waals surface area contributed by atoms with Gasteiger partial charge >= 0.3 is 0 Å².